The number of alkyl halides is 1. The summed E-state index contributed by atoms with van der Waals surface area (Å²) >= 11 is 3.47. The van der Waals surface area contributed by atoms with Gasteiger partial charge in [-0.3, -0.25) is 0 Å². The van der Waals surface area contributed by atoms with E-state index in [-0.39, 0.29) is 0 Å². The fourth-order valence-electron chi connectivity index (χ4n) is 0.517. The fourth-order valence-corrected chi connectivity index (χ4v) is 0.841. The van der Waals surface area contributed by atoms with Crippen LogP contribution in [-0.4, -0.2) is 16.5 Å². The summed E-state index contributed by atoms with van der Waals surface area (Å²) in [7, 11) is 0. The van der Waals surface area contributed by atoms with Crippen LogP contribution in [0.15, 0.2) is 0 Å². The summed E-state index contributed by atoms with van der Waals surface area (Å²) in [6.07, 6.45) is 3.16. The predicted octanol–water partition coefficient (Wildman–Crippen LogP) is 1.93. The van der Waals surface area contributed by atoms with Crippen molar-refractivity contribution in [1.29, 1.82) is 0 Å². The monoisotopic (exact) mass is 180 g/mol. The van der Waals surface area contributed by atoms with Gasteiger partial charge in [-0.1, -0.05) is 22.9 Å². The minimum absolute atomic E-state index is 0.322. The number of hydrogen-bond acceptors (Lipinski definition) is 1. The van der Waals surface area contributed by atoms with Crippen molar-refractivity contribution in [1.82, 2.24) is 0 Å². The molecular formula is C6H13BrO. The molecule has 0 amide bonds. The van der Waals surface area contributed by atoms with Crippen LogP contribution in [0.4, 0.5) is 0 Å². The Morgan fingerprint density at radius 3 is 2.62 bits per heavy atom. The summed E-state index contributed by atoms with van der Waals surface area (Å²) in [6.45, 7) is 2.46. The van der Waals surface area contributed by atoms with E-state index >= 15 is 0 Å². The van der Waals surface area contributed by atoms with E-state index in [2.05, 4.69) is 22.9 Å². The number of aliphatic hydroxyl groups is 1. The van der Waals surface area contributed by atoms with Crippen LogP contribution in [-0.2, 0) is 0 Å². The molecule has 2 heteroatoms. The van der Waals surface area contributed by atoms with Gasteiger partial charge in [0.25, 0.3) is 0 Å². The zero-order valence-corrected chi connectivity index (χ0v) is 6.82. The Hall–Kier alpha value is 0.440. The second-order valence-corrected chi connectivity index (χ2v) is 3.17. The summed E-state index contributed by atoms with van der Waals surface area (Å²) < 4.78 is 0. The standard InChI is InChI=1S/C6H13BrO/c1-2-6(7)4-3-5-8/h6,8H,2-5H2,1H3. The van der Waals surface area contributed by atoms with Crippen molar-refractivity contribution in [3.8, 4) is 0 Å². The highest BCUT2D eigenvalue weighted by molar-refractivity contribution is 9.09. The normalized spacial score (nSPS) is 13.9. The van der Waals surface area contributed by atoms with E-state index < -0.39 is 0 Å². The molecule has 1 unspecified atom stereocenters. The minimum atomic E-state index is 0.322. The molecule has 0 bridgehead atoms. The van der Waals surface area contributed by atoms with Crippen molar-refractivity contribution in [2.75, 3.05) is 6.61 Å². The van der Waals surface area contributed by atoms with E-state index in [1.54, 1.807) is 0 Å². The molecule has 0 aromatic rings. The first kappa shape index (κ1) is 8.44. The molecule has 8 heavy (non-hydrogen) atoms. The van der Waals surface area contributed by atoms with Gasteiger partial charge in [-0.05, 0) is 19.3 Å². The summed E-state index contributed by atoms with van der Waals surface area (Å²) in [5.74, 6) is 0. The van der Waals surface area contributed by atoms with Gasteiger partial charge in [-0.2, -0.15) is 0 Å². The van der Waals surface area contributed by atoms with Gasteiger partial charge in [0.05, 0.1) is 0 Å². The molecule has 0 saturated heterocycles. The lowest BCUT2D eigenvalue weighted by molar-refractivity contribution is 0.284. The summed E-state index contributed by atoms with van der Waals surface area (Å²) in [4.78, 5) is 0.606. The quantitative estimate of drug-likeness (QED) is 0.657. The third-order valence-corrected chi connectivity index (χ3v) is 2.22. The Balaban J connectivity index is 2.86. The third kappa shape index (κ3) is 4.60. The molecule has 0 saturated carbocycles. The smallest absolute Gasteiger partial charge is 0.0431 e. The fraction of sp³-hybridized carbons (Fsp3) is 1.00. The van der Waals surface area contributed by atoms with Gasteiger partial charge in [0.15, 0.2) is 0 Å². The summed E-state index contributed by atoms with van der Waals surface area (Å²) in [5.41, 5.74) is 0. The lowest BCUT2D eigenvalue weighted by Crippen LogP contribution is -1.95. The zero-order valence-electron chi connectivity index (χ0n) is 5.23. The van der Waals surface area contributed by atoms with E-state index in [1.165, 1.54) is 0 Å². The van der Waals surface area contributed by atoms with E-state index in [9.17, 15) is 0 Å². The average Bonchev–Trinajstić information content (AvgIpc) is 1.83. The molecule has 1 N–H and O–H groups in total. The summed E-state index contributed by atoms with van der Waals surface area (Å²) in [5, 5.41) is 8.39. The highest BCUT2D eigenvalue weighted by atomic mass is 79.9. The van der Waals surface area contributed by atoms with Gasteiger partial charge in [-0.15, -0.1) is 0 Å². The minimum Gasteiger partial charge on any atom is -0.396 e. The first-order chi connectivity index (χ1) is 3.81. The van der Waals surface area contributed by atoms with Gasteiger partial charge in [0, 0.05) is 11.4 Å². The molecule has 0 aliphatic heterocycles. The van der Waals surface area contributed by atoms with Crippen molar-refractivity contribution in [2.45, 2.75) is 31.0 Å². The van der Waals surface area contributed by atoms with Crippen LogP contribution < -0.4 is 0 Å². The molecule has 0 rings (SSSR count). The van der Waals surface area contributed by atoms with Crippen LogP contribution in [0.25, 0.3) is 0 Å². The van der Waals surface area contributed by atoms with E-state index in [1.807, 2.05) is 0 Å². The second kappa shape index (κ2) is 5.57. The zero-order chi connectivity index (χ0) is 6.41. The van der Waals surface area contributed by atoms with Crippen LogP contribution in [0.1, 0.15) is 26.2 Å². The van der Waals surface area contributed by atoms with Crippen LogP contribution in [0.3, 0.4) is 0 Å². The third-order valence-electron chi connectivity index (χ3n) is 1.12. The van der Waals surface area contributed by atoms with E-state index in [0.29, 0.717) is 11.4 Å². The number of rotatable bonds is 4. The molecule has 1 nitrogen and oxygen atoms in total. The maximum Gasteiger partial charge on any atom is 0.0431 e. The molecule has 50 valence electrons. The highest BCUT2D eigenvalue weighted by Crippen LogP contribution is 2.10. The van der Waals surface area contributed by atoms with Crippen molar-refractivity contribution < 1.29 is 5.11 Å². The molecule has 1 atom stereocenters. The van der Waals surface area contributed by atoms with Crippen molar-refractivity contribution >= 4 is 15.9 Å². The number of aliphatic hydroxyl groups excluding tert-OH is 1. The van der Waals surface area contributed by atoms with Crippen molar-refractivity contribution in [3.05, 3.63) is 0 Å². The van der Waals surface area contributed by atoms with Crippen LogP contribution in [0, 0.1) is 0 Å². The number of hydrogen-bond donors (Lipinski definition) is 1. The van der Waals surface area contributed by atoms with E-state index in [4.69, 9.17) is 5.11 Å². The molecule has 0 fully saturated rings. The van der Waals surface area contributed by atoms with Crippen molar-refractivity contribution in [3.63, 3.8) is 0 Å². The Morgan fingerprint density at radius 2 is 2.25 bits per heavy atom. The lowest BCUT2D eigenvalue weighted by atomic mass is 10.2. The van der Waals surface area contributed by atoms with Crippen LogP contribution >= 0.6 is 15.9 Å². The topological polar surface area (TPSA) is 20.2 Å². The van der Waals surface area contributed by atoms with Crippen molar-refractivity contribution in [2.24, 2.45) is 0 Å². The maximum atomic E-state index is 8.39. The van der Waals surface area contributed by atoms with Gasteiger partial charge < -0.3 is 5.11 Å². The largest absolute Gasteiger partial charge is 0.396 e. The molecular weight excluding hydrogens is 168 g/mol. The second-order valence-electron chi connectivity index (χ2n) is 1.87. The Morgan fingerprint density at radius 1 is 1.62 bits per heavy atom. The molecule has 0 aliphatic rings. The molecule has 0 radical (unpaired) electrons. The van der Waals surface area contributed by atoms with Gasteiger partial charge >= 0.3 is 0 Å². The predicted molar refractivity (Wildman–Crippen MR) is 39.3 cm³/mol. The van der Waals surface area contributed by atoms with Crippen LogP contribution in [0.2, 0.25) is 0 Å². The molecule has 0 aromatic heterocycles. The van der Waals surface area contributed by atoms with Gasteiger partial charge in [0.2, 0.25) is 0 Å². The number of halogens is 1. The Kier molecular flexibility index (Phi) is 5.88. The molecule has 0 spiro atoms. The molecule has 0 aliphatic carbocycles. The first-order valence-electron chi connectivity index (χ1n) is 3.06. The summed E-state index contributed by atoms with van der Waals surface area (Å²) in [6, 6.07) is 0. The molecule has 0 heterocycles. The highest BCUT2D eigenvalue weighted by Gasteiger charge is 1.97. The maximum absolute atomic E-state index is 8.39. The first-order valence-corrected chi connectivity index (χ1v) is 3.97. The average molecular weight is 181 g/mol. The van der Waals surface area contributed by atoms with Gasteiger partial charge in [-0.25, -0.2) is 0 Å². The van der Waals surface area contributed by atoms with E-state index in [0.717, 1.165) is 19.3 Å². The molecule has 0 aromatic carbocycles. The SMILES string of the molecule is CCC(Br)CCCO. The van der Waals surface area contributed by atoms with Crippen LogP contribution in [0.5, 0.6) is 0 Å². The lowest BCUT2D eigenvalue weighted by Gasteiger charge is -2.02. The van der Waals surface area contributed by atoms with Gasteiger partial charge in [0.1, 0.15) is 0 Å². The Labute approximate surface area is 59.2 Å². The Bertz CT molecular complexity index is 47.8.